The van der Waals surface area contributed by atoms with E-state index in [1.54, 1.807) is 84.5 Å². The molecule has 0 unspecified atom stereocenters. The number of hydrogen-bond acceptors (Lipinski definition) is 4. The van der Waals surface area contributed by atoms with Gasteiger partial charge in [0.15, 0.2) is 0 Å². The first-order valence-electron chi connectivity index (χ1n) is 9.27. The summed E-state index contributed by atoms with van der Waals surface area (Å²) in [4.78, 5) is 37.8. The summed E-state index contributed by atoms with van der Waals surface area (Å²) in [6.07, 6.45) is 0. The third kappa shape index (κ3) is 3.37. The molecule has 7 heteroatoms. The van der Waals surface area contributed by atoms with Gasteiger partial charge in [0.05, 0.1) is 30.2 Å². The minimum atomic E-state index is -0.516. The Labute approximate surface area is 171 Å². The lowest BCUT2D eigenvalue weighted by atomic mass is 10.1. The third-order valence-electron chi connectivity index (χ3n) is 4.96. The Balaban J connectivity index is 1.91. The van der Waals surface area contributed by atoms with E-state index in [-0.39, 0.29) is 12.1 Å². The normalized spacial score (nSPS) is 10.8. The number of nitrogens with zero attached hydrogens (tertiary/aromatic N) is 2. The number of carbonyl (C=O) groups excluding carboxylic acids is 1. The zero-order chi connectivity index (χ0) is 21.3. The van der Waals surface area contributed by atoms with Gasteiger partial charge < -0.3 is 10.5 Å². The summed E-state index contributed by atoms with van der Waals surface area (Å²) in [6.45, 7) is 0.231. The summed E-state index contributed by atoms with van der Waals surface area (Å²) < 4.78 is 7.86. The summed E-state index contributed by atoms with van der Waals surface area (Å²) in [6, 6.07) is 20.4. The summed E-state index contributed by atoms with van der Waals surface area (Å²) in [5.74, 6) is 0.111. The van der Waals surface area contributed by atoms with Crippen molar-refractivity contribution < 1.29 is 9.53 Å². The van der Waals surface area contributed by atoms with Crippen LogP contribution in [0.4, 0.5) is 0 Å². The number of fused-ring (bicyclic) bond motifs is 1. The molecule has 1 heterocycles. The summed E-state index contributed by atoms with van der Waals surface area (Å²) >= 11 is 0. The average Bonchev–Trinajstić information content (AvgIpc) is 2.77. The van der Waals surface area contributed by atoms with Gasteiger partial charge in [-0.3, -0.25) is 14.2 Å². The highest BCUT2D eigenvalue weighted by atomic mass is 16.5. The molecule has 0 bridgehead atoms. The van der Waals surface area contributed by atoms with Crippen LogP contribution in [0.25, 0.3) is 16.6 Å². The maximum absolute atomic E-state index is 13.4. The van der Waals surface area contributed by atoms with Crippen molar-refractivity contribution in [2.24, 2.45) is 5.73 Å². The van der Waals surface area contributed by atoms with Crippen LogP contribution in [0.3, 0.4) is 0 Å². The van der Waals surface area contributed by atoms with Gasteiger partial charge in [0.25, 0.3) is 5.56 Å². The van der Waals surface area contributed by atoms with Gasteiger partial charge in [0.2, 0.25) is 5.91 Å². The summed E-state index contributed by atoms with van der Waals surface area (Å²) in [5.41, 5.74) is 6.63. The molecule has 150 valence electrons. The Kier molecular flexibility index (Phi) is 4.93. The topological polar surface area (TPSA) is 96.3 Å². The molecule has 0 saturated heterocycles. The summed E-state index contributed by atoms with van der Waals surface area (Å²) in [7, 11) is 1.55. The third-order valence-corrected chi connectivity index (χ3v) is 4.96. The lowest BCUT2D eigenvalue weighted by Gasteiger charge is -2.14. The second kappa shape index (κ2) is 7.71. The van der Waals surface area contributed by atoms with E-state index in [1.807, 2.05) is 0 Å². The lowest BCUT2D eigenvalue weighted by molar-refractivity contribution is 0.100. The van der Waals surface area contributed by atoms with E-state index >= 15 is 0 Å². The van der Waals surface area contributed by atoms with Gasteiger partial charge >= 0.3 is 5.69 Å². The molecule has 0 saturated carbocycles. The second-order valence-electron chi connectivity index (χ2n) is 6.79. The number of benzene rings is 3. The molecular formula is C23H19N3O4. The molecule has 0 fully saturated rings. The fourth-order valence-electron chi connectivity index (χ4n) is 3.39. The van der Waals surface area contributed by atoms with Crippen molar-refractivity contribution in [3.63, 3.8) is 0 Å². The highest BCUT2D eigenvalue weighted by Crippen LogP contribution is 2.15. The molecule has 30 heavy (non-hydrogen) atoms. The number of amides is 1. The van der Waals surface area contributed by atoms with Crippen molar-refractivity contribution in [1.82, 2.24) is 9.13 Å². The van der Waals surface area contributed by atoms with Gasteiger partial charge in [-0.15, -0.1) is 0 Å². The zero-order valence-electron chi connectivity index (χ0n) is 16.2. The molecule has 4 aromatic rings. The summed E-state index contributed by atoms with van der Waals surface area (Å²) in [5, 5.41) is 0.432. The van der Waals surface area contributed by atoms with Gasteiger partial charge in [0, 0.05) is 5.56 Å². The number of nitrogens with two attached hydrogens (primary N) is 1. The average molecular weight is 401 g/mol. The largest absolute Gasteiger partial charge is 0.497 e. The van der Waals surface area contributed by atoms with Crippen LogP contribution in [0.15, 0.2) is 82.4 Å². The van der Waals surface area contributed by atoms with Crippen LogP contribution in [-0.4, -0.2) is 22.2 Å². The first-order valence-corrected chi connectivity index (χ1v) is 9.27. The molecule has 0 radical (unpaired) electrons. The van der Waals surface area contributed by atoms with E-state index in [0.717, 1.165) is 10.1 Å². The quantitative estimate of drug-likeness (QED) is 0.555. The van der Waals surface area contributed by atoms with Crippen LogP contribution >= 0.6 is 0 Å². The molecule has 0 spiro atoms. The first kappa shape index (κ1) is 19.2. The first-order chi connectivity index (χ1) is 14.5. The lowest BCUT2D eigenvalue weighted by Crippen LogP contribution is -2.39. The van der Waals surface area contributed by atoms with E-state index in [2.05, 4.69) is 0 Å². The van der Waals surface area contributed by atoms with Gasteiger partial charge in [-0.25, -0.2) is 9.36 Å². The van der Waals surface area contributed by atoms with E-state index < -0.39 is 11.6 Å². The Morgan fingerprint density at radius 3 is 2.23 bits per heavy atom. The maximum Gasteiger partial charge on any atom is 0.336 e. The molecular weight excluding hydrogens is 382 g/mol. The predicted octanol–water partition coefficient (Wildman–Crippen LogP) is 2.31. The van der Waals surface area contributed by atoms with E-state index in [0.29, 0.717) is 27.9 Å². The van der Waals surface area contributed by atoms with Gasteiger partial charge in [-0.1, -0.05) is 24.3 Å². The molecule has 0 aliphatic carbocycles. The number of hydrogen-bond donors (Lipinski definition) is 1. The Morgan fingerprint density at radius 1 is 0.933 bits per heavy atom. The number of ether oxygens (including phenoxy) is 1. The Hall–Kier alpha value is -4.13. The molecule has 4 rings (SSSR count). The van der Waals surface area contributed by atoms with E-state index in [4.69, 9.17) is 10.5 Å². The monoisotopic (exact) mass is 401 g/mol. The highest BCUT2D eigenvalue weighted by molar-refractivity contribution is 5.92. The molecule has 3 aromatic carbocycles. The van der Waals surface area contributed by atoms with Crippen molar-refractivity contribution >= 4 is 16.8 Å². The van der Waals surface area contributed by atoms with Gasteiger partial charge in [-0.05, 0) is 54.1 Å². The van der Waals surface area contributed by atoms with Crippen LogP contribution in [0.5, 0.6) is 5.75 Å². The number of primary amides is 1. The minimum absolute atomic E-state index is 0.231. The fraction of sp³-hybridized carbons (Fsp3) is 0.0870. The zero-order valence-corrected chi connectivity index (χ0v) is 16.2. The number of rotatable bonds is 5. The van der Waals surface area contributed by atoms with Crippen molar-refractivity contribution in [2.45, 2.75) is 6.54 Å². The Bertz CT molecular complexity index is 1350. The molecule has 1 aromatic heterocycles. The second-order valence-corrected chi connectivity index (χ2v) is 6.79. The molecule has 0 atom stereocenters. The van der Waals surface area contributed by atoms with Crippen molar-refractivity contribution in [3.05, 3.63) is 105 Å². The predicted molar refractivity (Wildman–Crippen MR) is 114 cm³/mol. The molecule has 1 amide bonds. The van der Waals surface area contributed by atoms with Gasteiger partial charge in [-0.2, -0.15) is 0 Å². The Morgan fingerprint density at radius 2 is 1.60 bits per heavy atom. The molecule has 7 nitrogen and oxygen atoms in total. The van der Waals surface area contributed by atoms with Crippen molar-refractivity contribution in [2.75, 3.05) is 7.11 Å². The number of carbonyl (C=O) groups is 1. The number of para-hydroxylation sites is 1. The van der Waals surface area contributed by atoms with Gasteiger partial charge in [0.1, 0.15) is 5.75 Å². The van der Waals surface area contributed by atoms with Crippen LogP contribution in [0, 0.1) is 0 Å². The number of methoxy groups -OCH3 is 1. The van der Waals surface area contributed by atoms with Crippen LogP contribution in [0.1, 0.15) is 15.9 Å². The molecule has 0 aliphatic heterocycles. The number of aromatic nitrogens is 2. The van der Waals surface area contributed by atoms with Crippen molar-refractivity contribution in [3.8, 4) is 11.4 Å². The highest BCUT2D eigenvalue weighted by Gasteiger charge is 2.15. The SMILES string of the molecule is COc1ccc(-n2c(=O)c3ccccc3n(Cc3ccc(C(N)=O)cc3)c2=O)cc1. The van der Waals surface area contributed by atoms with E-state index in [1.165, 1.54) is 0 Å². The van der Waals surface area contributed by atoms with Crippen LogP contribution in [0.2, 0.25) is 0 Å². The molecule has 2 N–H and O–H groups in total. The maximum atomic E-state index is 13.4. The molecule has 0 aliphatic rings. The van der Waals surface area contributed by atoms with Crippen LogP contribution < -0.4 is 21.7 Å². The van der Waals surface area contributed by atoms with Crippen molar-refractivity contribution in [1.29, 1.82) is 0 Å². The van der Waals surface area contributed by atoms with E-state index in [9.17, 15) is 14.4 Å². The smallest absolute Gasteiger partial charge is 0.336 e. The fourth-order valence-corrected chi connectivity index (χ4v) is 3.39. The minimum Gasteiger partial charge on any atom is -0.497 e. The standard InChI is InChI=1S/C23H19N3O4/c1-30-18-12-10-17(11-13-18)26-22(28)19-4-2-3-5-20(19)25(23(26)29)14-15-6-8-16(9-7-15)21(24)27/h2-13H,14H2,1H3,(H2,24,27). The van der Waals surface area contributed by atoms with Crippen LogP contribution in [-0.2, 0) is 6.54 Å².